The maximum absolute atomic E-state index is 13.4. The quantitative estimate of drug-likeness (QED) is 0.300. The van der Waals surface area contributed by atoms with Crippen LogP contribution in [0, 0.1) is 0 Å². The van der Waals surface area contributed by atoms with E-state index >= 15 is 0 Å². The third-order valence-corrected chi connectivity index (χ3v) is 8.17. The van der Waals surface area contributed by atoms with Crippen molar-refractivity contribution in [3.63, 3.8) is 0 Å². The van der Waals surface area contributed by atoms with Crippen LogP contribution in [0.3, 0.4) is 0 Å². The van der Waals surface area contributed by atoms with Gasteiger partial charge in [0.25, 0.3) is 0 Å². The molecule has 0 radical (unpaired) electrons. The first kappa shape index (κ1) is 30.3. The maximum atomic E-state index is 13.4. The predicted octanol–water partition coefficient (Wildman–Crippen LogP) is 3.49. The largest absolute Gasteiger partial charge is 0.480 e. The number of nitrogens with one attached hydrogen (secondary N) is 1. The van der Waals surface area contributed by atoms with E-state index in [1.807, 2.05) is 58.3 Å². The lowest BCUT2D eigenvalue weighted by Crippen LogP contribution is -2.50. The number of hydrogen-bond acceptors (Lipinski definition) is 7. The van der Waals surface area contributed by atoms with Crippen molar-refractivity contribution in [1.29, 1.82) is 0 Å². The lowest BCUT2D eigenvalue weighted by molar-refractivity contribution is -0.142. The fraction of sp³-hybridized carbons (Fsp3) is 0.419. The normalized spacial score (nSPS) is 15.7. The van der Waals surface area contributed by atoms with Crippen LogP contribution in [0.5, 0.6) is 0 Å². The molecule has 2 heterocycles. The molecular weight excluding hydrogens is 538 g/mol. The summed E-state index contributed by atoms with van der Waals surface area (Å²) in [6.07, 6.45) is 7.45. The fourth-order valence-electron chi connectivity index (χ4n) is 5.43. The van der Waals surface area contributed by atoms with Crippen molar-refractivity contribution in [2.24, 2.45) is 0 Å². The van der Waals surface area contributed by atoms with Crippen LogP contribution in [0.4, 0.5) is 5.69 Å². The van der Waals surface area contributed by atoms with Crippen LogP contribution < -0.4 is 10.2 Å². The van der Waals surface area contributed by atoms with E-state index in [1.54, 1.807) is 24.2 Å². The van der Waals surface area contributed by atoms with E-state index in [9.17, 15) is 19.5 Å². The van der Waals surface area contributed by atoms with Gasteiger partial charge in [0.15, 0.2) is 0 Å². The summed E-state index contributed by atoms with van der Waals surface area (Å²) in [5.41, 5.74) is 2.01. The van der Waals surface area contributed by atoms with Gasteiger partial charge in [0.2, 0.25) is 11.8 Å². The number of likely N-dealkylation sites (N-methyl/N-ethyl adjacent to an activating group) is 1. The van der Waals surface area contributed by atoms with Gasteiger partial charge in [-0.3, -0.25) is 19.5 Å². The second-order valence-electron chi connectivity index (χ2n) is 10.5. The average Bonchev–Trinajstić information content (AvgIpc) is 3.44. The molecule has 0 saturated carbocycles. The number of thioether (sulfide) groups is 1. The Hall–Kier alpha value is -3.63. The molecule has 1 saturated heterocycles. The third kappa shape index (κ3) is 8.43. The highest BCUT2D eigenvalue weighted by atomic mass is 32.2. The van der Waals surface area contributed by atoms with Crippen molar-refractivity contribution < 1.29 is 19.5 Å². The first-order chi connectivity index (χ1) is 19.9. The number of carboxylic acids is 1. The first-order valence-corrected chi connectivity index (χ1v) is 15.4. The Balaban J connectivity index is 1.50. The molecule has 10 heteroatoms. The SMILES string of the molecule is CSCCC(NC(=O)CN(Cc1cccc2ccccc12)C[C@@H]1CCCN1C(=O)CN(C)c1ccncc1)C(=O)O. The smallest absolute Gasteiger partial charge is 0.326 e. The molecule has 0 bridgehead atoms. The van der Waals surface area contributed by atoms with Crippen LogP contribution in [0.2, 0.25) is 0 Å². The van der Waals surface area contributed by atoms with Crippen LogP contribution in [-0.4, -0.2) is 95.0 Å². The number of fused-ring (bicyclic) bond motifs is 1. The standard InChI is InChI=1S/C31H39N5O4S/c1-34(25-12-15-32-16-13-25)22-30(38)36-17-6-10-26(36)20-35(21-29(37)33-28(31(39)40)14-18-41-2)19-24-9-5-8-23-7-3-4-11-27(23)24/h3-5,7-9,11-13,15-16,26,28H,6,10,14,17-22H2,1-2H3,(H,33,37)(H,39,40)/t26-,28?/m0/s1. The zero-order valence-electron chi connectivity index (χ0n) is 23.7. The summed E-state index contributed by atoms with van der Waals surface area (Å²) in [5, 5.41) is 14.6. The summed E-state index contributed by atoms with van der Waals surface area (Å²) in [6, 6.07) is 17.1. The van der Waals surface area contributed by atoms with Crippen LogP contribution in [-0.2, 0) is 20.9 Å². The fourth-order valence-corrected chi connectivity index (χ4v) is 5.90. The van der Waals surface area contributed by atoms with Crippen LogP contribution in [0.25, 0.3) is 10.8 Å². The highest BCUT2D eigenvalue weighted by Crippen LogP contribution is 2.23. The highest BCUT2D eigenvalue weighted by Gasteiger charge is 2.31. The molecule has 0 spiro atoms. The minimum atomic E-state index is -1.03. The lowest BCUT2D eigenvalue weighted by Gasteiger charge is -2.32. The van der Waals surface area contributed by atoms with Crippen molar-refractivity contribution in [2.45, 2.75) is 37.9 Å². The molecule has 4 rings (SSSR count). The topological polar surface area (TPSA) is 106 Å². The Morgan fingerprint density at radius 1 is 1.10 bits per heavy atom. The third-order valence-electron chi connectivity index (χ3n) is 7.53. The monoisotopic (exact) mass is 577 g/mol. The number of anilines is 1. The number of rotatable bonds is 14. The summed E-state index contributed by atoms with van der Waals surface area (Å²) in [6.45, 7) is 2.00. The Morgan fingerprint density at radius 2 is 1.85 bits per heavy atom. The van der Waals surface area contributed by atoms with E-state index in [1.165, 1.54) is 0 Å². The second-order valence-corrected chi connectivity index (χ2v) is 11.5. The predicted molar refractivity (Wildman–Crippen MR) is 164 cm³/mol. The summed E-state index contributed by atoms with van der Waals surface area (Å²) >= 11 is 1.55. The molecule has 218 valence electrons. The van der Waals surface area contributed by atoms with Crippen molar-refractivity contribution in [3.05, 3.63) is 72.6 Å². The number of amides is 2. The minimum absolute atomic E-state index is 0.0390. The van der Waals surface area contributed by atoms with Crippen LogP contribution in [0.1, 0.15) is 24.8 Å². The van der Waals surface area contributed by atoms with Crippen molar-refractivity contribution >= 4 is 46.0 Å². The molecule has 3 aromatic rings. The van der Waals surface area contributed by atoms with E-state index in [-0.39, 0.29) is 30.9 Å². The number of likely N-dealkylation sites (tertiary alicyclic amines) is 1. The van der Waals surface area contributed by atoms with E-state index in [0.29, 0.717) is 31.8 Å². The molecule has 2 aromatic carbocycles. The summed E-state index contributed by atoms with van der Waals surface area (Å²) < 4.78 is 0. The zero-order valence-corrected chi connectivity index (χ0v) is 24.6. The van der Waals surface area contributed by atoms with Gasteiger partial charge in [0.1, 0.15) is 6.04 Å². The second kappa shape index (κ2) is 14.8. The van der Waals surface area contributed by atoms with Gasteiger partial charge in [-0.15, -0.1) is 0 Å². The number of carbonyl (C=O) groups excluding carboxylic acids is 2. The number of aromatic nitrogens is 1. The molecule has 0 aliphatic carbocycles. The van der Waals surface area contributed by atoms with Crippen molar-refractivity contribution in [1.82, 2.24) is 20.1 Å². The van der Waals surface area contributed by atoms with Crippen LogP contribution >= 0.6 is 11.8 Å². The van der Waals surface area contributed by atoms with E-state index in [2.05, 4.69) is 34.6 Å². The molecule has 1 aromatic heterocycles. The van der Waals surface area contributed by atoms with Gasteiger partial charge in [-0.1, -0.05) is 42.5 Å². The zero-order chi connectivity index (χ0) is 29.2. The van der Waals surface area contributed by atoms with E-state index in [0.717, 1.165) is 34.9 Å². The molecule has 1 unspecified atom stereocenters. The summed E-state index contributed by atoms with van der Waals surface area (Å²) in [7, 11) is 1.89. The Labute approximate surface area is 245 Å². The molecule has 2 N–H and O–H groups in total. The minimum Gasteiger partial charge on any atom is -0.480 e. The number of aliphatic carboxylic acids is 1. The number of carboxylic acid groups (broad SMARTS) is 1. The number of benzene rings is 2. The Morgan fingerprint density at radius 3 is 2.61 bits per heavy atom. The van der Waals surface area contributed by atoms with E-state index < -0.39 is 12.0 Å². The number of hydrogen-bond donors (Lipinski definition) is 2. The summed E-state index contributed by atoms with van der Waals surface area (Å²) in [4.78, 5) is 48.3. The Bertz CT molecular complexity index is 1320. The lowest BCUT2D eigenvalue weighted by atomic mass is 10.0. The molecule has 41 heavy (non-hydrogen) atoms. The number of carbonyl (C=O) groups is 3. The molecule has 1 fully saturated rings. The van der Waals surface area contributed by atoms with Gasteiger partial charge in [-0.25, -0.2) is 4.79 Å². The number of nitrogens with zero attached hydrogens (tertiary/aromatic N) is 4. The van der Waals surface area contributed by atoms with Gasteiger partial charge >= 0.3 is 5.97 Å². The first-order valence-electron chi connectivity index (χ1n) is 14.0. The summed E-state index contributed by atoms with van der Waals surface area (Å²) in [5.74, 6) is -0.667. The molecule has 2 amide bonds. The average molecular weight is 578 g/mol. The van der Waals surface area contributed by atoms with Crippen molar-refractivity contribution in [2.75, 3.05) is 50.1 Å². The van der Waals surface area contributed by atoms with Crippen LogP contribution in [0.15, 0.2) is 67.0 Å². The Kier molecular flexibility index (Phi) is 11.0. The number of pyridine rings is 1. The van der Waals surface area contributed by atoms with Gasteiger partial charge in [0, 0.05) is 50.8 Å². The van der Waals surface area contributed by atoms with E-state index in [4.69, 9.17) is 0 Å². The van der Waals surface area contributed by atoms with Crippen molar-refractivity contribution in [3.8, 4) is 0 Å². The van der Waals surface area contributed by atoms with Gasteiger partial charge in [-0.05, 0) is 59.7 Å². The van der Waals surface area contributed by atoms with Gasteiger partial charge in [0.05, 0.1) is 13.1 Å². The van der Waals surface area contributed by atoms with Gasteiger partial charge < -0.3 is 20.2 Å². The molecule has 9 nitrogen and oxygen atoms in total. The molecule has 1 aliphatic heterocycles. The highest BCUT2D eigenvalue weighted by molar-refractivity contribution is 7.98. The van der Waals surface area contributed by atoms with Gasteiger partial charge in [-0.2, -0.15) is 11.8 Å². The maximum Gasteiger partial charge on any atom is 0.326 e. The molecular formula is C31H39N5O4S. The molecule has 2 atom stereocenters. The molecule has 1 aliphatic rings.